The molecular formula is C12H21N3O. The summed E-state index contributed by atoms with van der Waals surface area (Å²) in [5.74, 6) is 2.08. The molecule has 0 aliphatic carbocycles. The summed E-state index contributed by atoms with van der Waals surface area (Å²) in [4.78, 5) is 4.56. The average Bonchev–Trinajstić information content (AvgIpc) is 2.80. The lowest BCUT2D eigenvalue weighted by molar-refractivity contribution is 0.297. The molecule has 1 aliphatic rings. The van der Waals surface area contributed by atoms with Crippen molar-refractivity contribution >= 4 is 0 Å². The average molecular weight is 223 g/mol. The maximum atomic E-state index is 5.38. The maximum Gasteiger partial charge on any atom is 0.232 e. The number of nitrogens with zero attached hydrogens (tertiary/aromatic N) is 2. The van der Waals surface area contributed by atoms with E-state index in [2.05, 4.69) is 36.2 Å². The number of hydrogen-bond donors (Lipinski definition) is 1. The van der Waals surface area contributed by atoms with E-state index < -0.39 is 0 Å². The third-order valence-electron chi connectivity index (χ3n) is 3.57. The van der Waals surface area contributed by atoms with Gasteiger partial charge in [0, 0.05) is 17.9 Å². The van der Waals surface area contributed by atoms with Crippen LogP contribution in [0.1, 0.15) is 57.7 Å². The van der Waals surface area contributed by atoms with Crippen molar-refractivity contribution < 1.29 is 4.52 Å². The van der Waals surface area contributed by atoms with Crippen LogP contribution in [0.15, 0.2) is 4.52 Å². The minimum atomic E-state index is -0.00660. The molecule has 1 aliphatic heterocycles. The van der Waals surface area contributed by atoms with Crippen LogP contribution in [-0.2, 0) is 5.41 Å². The molecular weight excluding hydrogens is 202 g/mol. The first kappa shape index (κ1) is 11.6. The minimum Gasteiger partial charge on any atom is -0.339 e. The summed E-state index contributed by atoms with van der Waals surface area (Å²) in [6.07, 6.45) is 3.38. The van der Waals surface area contributed by atoms with Gasteiger partial charge in [-0.05, 0) is 25.8 Å². The van der Waals surface area contributed by atoms with Gasteiger partial charge in [-0.25, -0.2) is 0 Å². The molecule has 1 saturated heterocycles. The van der Waals surface area contributed by atoms with Gasteiger partial charge in [-0.2, -0.15) is 4.98 Å². The Morgan fingerprint density at radius 1 is 1.50 bits per heavy atom. The van der Waals surface area contributed by atoms with Gasteiger partial charge in [0.1, 0.15) is 0 Å². The Bertz CT molecular complexity index is 340. The fourth-order valence-electron chi connectivity index (χ4n) is 1.90. The summed E-state index contributed by atoms with van der Waals surface area (Å²) in [5.41, 5.74) is -0.00660. The van der Waals surface area contributed by atoms with Gasteiger partial charge in [0.2, 0.25) is 5.89 Å². The van der Waals surface area contributed by atoms with Crippen molar-refractivity contribution in [3.05, 3.63) is 11.7 Å². The molecule has 90 valence electrons. The van der Waals surface area contributed by atoms with Gasteiger partial charge in [0.05, 0.1) is 0 Å². The van der Waals surface area contributed by atoms with Crippen LogP contribution in [0.5, 0.6) is 0 Å². The molecule has 16 heavy (non-hydrogen) atoms. The molecule has 0 bridgehead atoms. The van der Waals surface area contributed by atoms with Crippen LogP contribution in [0.2, 0.25) is 0 Å². The molecule has 1 N–H and O–H groups in total. The second-order valence-electron chi connectivity index (χ2n) is 5.24. The van der Waals surface area contributed by atoms with E-state index in [1.54, 1.807) is 0 Å². The monoisotopic (exact) mass is 223 g/mol. The number of rotatable bonds is 3. The smallest absolute Gasteiger partial charge is 0.232 e. The van der Waals surface area contributed by atoms with Crippen molar-refractivity contribution in [3.8, 4) is 0 Å². The summed E-state index contributed by atoms with van der Waals surface area (Å²) in [6.45, 7) is 8.52. The van der Waals surface area contributed by atoms with Gasteiger partial charge in [-0.1, -0.05) is 25.9 Å². The second-order valence-corrected chi connectivity index (χ2v) is 5.24. The summed E-state index contributed by atoms with van der Waals surface area (Å²) in [6, 6.07) is 0. The van der Waals surface area contributed by atoms with Crippen molar-refractivity contribution in [1.29, 1.82) is 0 Å². The van der Waals surface area contributed by atoms with Crippen LogP contribution in [0.25, 0.3) is 0 Å². The molecule has 1 atom stereocenters. The van der Waals surface area contributed by atoms with Gasteiger partial charge < -0.3 is 9.84 Å². The molecule has 1 fully saturated rings. The molecule has 4 heteroatoms. The highest BCUT2D eigenvalue weighted by Gasteiger charge is 2.28. The van der Waals surface area contributed by atoms with E-state index in [0.29, 0.717) is 5.92 Å². The van der Waals surface area contributed by atoms with E-state index in [1.165, 1.54) is 12.8 Å². The molecule has 2 rings (SSSR count). The van der Waals surface area contributed by atoms with Crippen molar-refractivity contribution in [2.24, 2.45) is 0 Å². The molecule has 0 amide bonds. The molecule has 1 aromatic heterocycles. The van der Waals surface area contributed by atoms with E-state index >= 15 is 0 Å². The third kappa shape index (κ3) is 2.26. The summed E-state index contributed by atoms with van der Waals surface area (Å²) in [7, 11) is 0. The van der Waals surface area contributed by atoms with Crippen molar-refractivity contribution in [2.45, 2.75) is 51.4 Å². The number of piperidine rings is 1. The Morgan fingerprint density at radius 2 is 2.31 bits per heavy atom. The van der Waals surface area contributed by atoms with Crippen molar-refractivity contribution in [1.82, 2.24) is 15.5 Å². The largest absolute Gasteiger partial charge is 0.339 e. The predicted octanol–water partition coefficient (Wildman–Crippen LogP) is 2.22. The van der Waals surface area contributed by atoms with Crippen molar-refractivity contribution in [3.63, 3.8) is 0 Å². The van der Waals surface area contributed by atoms with Crippen LogP contribution < -0.4 is 5.32 Å². The lowest BCUT2D eigenvalue weighted by Crippen LogP contribution is -2.29. The van der Waals surface area contributed by atoms with Gasteiger partial charge in [0.15, 0.2) is 5.82 Å². The summed E-state index contributed by atoms with van der Waals surface area (Å²) < 4.78 is 5.38. The topological polar surface area (TPSA) is 51.0 Å². The van der Waals surface area contributed by atoms with Gasteiger partial charge >= 0.3 is 0 Å². The highest BCUT2D eigenvalue weighted by Crippen LogP contribution is 2.27. The first-order valence-corrected chi connectivity index (χ1v) is 6.18. The Balaban J connectivity index is 2.12. The molecule has 0 saturated carbocycles. The third-order valence-corrected chi connectivity index (χ3v) is 3.57. The highest BCUT2D eigenvalue weighted by molar-refractivity contribution is 5.04. The Morgan fingerprint density at radius 3 is 2.94 bits per heavy atom. The molecule has 0 aromatic carbocycles. The fourth-order valence-corrected chi connectivity index (χ4v) is 1.90. The molecule has 0 radical (unpaired) electrons. The van der Waals surface area contributed by atoms with Crippen LogP contribution in [0.3, 0.4) is 0 Å². The zero-order chi connectivity index (χ0) is 11.6. The second kappa shape index (κ2) is 4.53. The van der Waals surface area contributed by atoms with Gasteiger partial charge in [-0.3, -0.25) is 0 Å². The molecule has 0 spiro atoms. The SMILES string of the molecule is CCC(C)(C)c1nc(C2CCCNC2)no1. The van der Waals surface area contributed by atoms with Gasteiger partial charge in [0.25, 0.3) is 0 Å². The number of hydrogen-bond acceptors (Lipinski definition) is 4. The van der Waals surface area contributed by atoms with E-state index in [0.717, 1.165) is 31.2 Å². The van der Waals surface area contributed by atoms with Crippen LogP contribution in [-0.4, -0.2) is 23.2 Å². The predicted molar refractivity (Wildman–Crippen MR) is 62.5 cm³/mol. The van der Waals surface area contributed by atoms with E-state index in [1.807, 2.05) is 0 Å². The Hall–Kier alpha value is -0.900. The van der Waals surface area contributed by atoms with Crippen LogP contribution in [0.4, 0.5) is 0 Å². The van der Waals surface area contributed by atoms with E-state index in [-0.39, 0.29) is 5.41 Å². The standard InChI is InChI=1S/C12H21N3O/c1-4-12(2,3)11-14-10(15-16-11)9-6-5-7-13-8-9/h9,13H,4-8H2,1-3H3. The minimum absolute atomic E-state index is 0.00660. The summed E-state index contributed by atoms with van der Waals surface area (Å²) in [5, 5.41) is 7.50. The Kier molecular flexibility index (Phi) is 3.28. The maximum absolute atomic E-state index is 5.38. The lowest BCUT2D eigenvalue weighted by Gasteiger charge is -2.19. The molecule has 1 unspecified atom stereocenters. The van der Waals surface area contributed by atoms with E-state index in [9.17, 15) is 0 Å². The van der Waals surface area contributed by atoms with Gasteiger partial charge in [-0.15, -0.1) is 0 Å². The fraction of sp³-hybridized carbons (Fsp3) is 0.833. The Labute approximate surface area is 96.8 Å². The number of nitrogens with one attached hydrogen (secondary N) is 1. The first-order valence-electron chi connectivity index (χ1n) is 6.18. The van der Waals surface area contributed by atoms with Crippen molar-refractivity contribution in [2.75, 3.05) is 13.1 Å². The van der Waals surface area contributed by atoms with E-state index in [4.69, 9.17) is 4.52 Å². The summed E-state index contributed by atoms with van der Waals surface area (Å²) >= 11 is 0. The van der Waals surface area contributed by atoms with Crippen LogP contribution in [0, 0.1) is 0 Å². The number of aromatic nitrogens is 2. The lowest BCUT2D eigenvalue weighted by atomic mass is 9.90. The molecule has 2 heterocycles. The molecule has 4 nitrogen and oxygen atoms in total. The zero-order valence-corrected chi connectivity index (χ0v) is 10.4. The molecule has 1 aromatic rings. The first-order chi connectivity index (χ1) is 7.63. The highest BCUT2D eigenvalue weighted by atomic mass is 16.5. The van der Waals surface area contributed by atoms with Crippen LogP contribution >= 0.6 is 0 Å². The normalized spacial score (nSPS) is 22.3. The zero-order valence-electron chi connectivity index (χ0n) is 10.4. The quantitative estimate of drug-likeness (QED) is 0.853.